The zero-order valence-corrected chi connectivity index (χ0v) is 22.3. The number of hydrogen-bond donors (Lipinski definition) is 0. The van der Waals surface area contributed by atoms with E-state index in [1.807, 2.05) is 46.0 Å². The Balaban J connectivity index is 1.51. The van der Waals surface area contributed by atoms with E-state index in [9.17, 15) is 9.59 Å². The van der Waals surface area contributed by atoms with E-state index in [0.29, 0.717) is 37.7 Å². The Morgan fingerprint density at radius 3 is 2.70 bits per heavy atom. The molecule has 0 N–H and O–H groups in total. The summed E-state index contributed by atoms with van der Waals surface area (Å²) < 4.78 is 13.3. The molecule has 2 aromatic heterocycles. The van der Waals surface area contributed by atoms with Gasteiger partial charge in [-0.25, -0.2) is 9.78 Å². The van der Waals surface area contributed by atoms with Crippen molar-refractivity contribution in [3.05, 3.63) is 48.3 Å². The van der Waals surface area contributed by atoms with E-state index in [1.165, 1.54) is 0 Å². The van der Waals surface area contributed by atoms with Crippen LogP contribution >= 0.6 is 0 Å². The molecule has 1 saturated heterocycles. The van der Waals surface area contributed by atoms with Crippen LogP contribution < -0.4 is 14.4 Å². The normalized spacial score (nSPS) is 13.8. The summed E-state index contributed by atoms with van der Waals surface area (Å²) in [5.74, 6) is 1.32. The quantitative estimate of drug-likeness (QED) is 0.356. The minimum Gasteiger partial charge on any atom is -0.493 e. The summed E-state index contributed by atoms with van der Waals surface area (Å²) in [6.45, 7) is 4.79. The Morgan fingerprint density at radius 2 is 1.95 bits per heavy atom. The van der Waals surface area contributed by atoms with Crippen molar-refractivity contribution >= 4 is 28.7 Å². The monoisotopic (exact) mass is 507 g/mol. The largest absolute Gasteiger partial charge is 0.493 e. The molecule has 3 aromatic rings. The van der Waals surface area contributed by atoms with Crippen molar-refractivity contribution in [1.29, 1.82) is 0 Å². The fourth-order valence-electron chi connectivity index (χ4n) is 4.55. The number of ether oxygens (including phenoxy) is 2. The number of carbonyl (C=O) groups is 2. The second kappa shape index (κ2) is 12.0. The molecule has 0 atom stereocenters. The lowest BCUT2D eigenvalue weighted by atomic mass is 10.1. The summed E-state index contributed by atoms with van der Waals surface area (Å²) in [4.78, 5) is 35.5. The smallest absolute Gasteiger partial charge is 0.324 e. The number of aromatic nitrogens is 2. The van der Waals surface area contributed by atoms with E-state index in [0.717, 1.165) is 48.0 Å². The number of carbonyl (C=O) groups excluding carboxylic acids is 2. The maximum absolute atomic E-state index is 13.6. The second-order valence-corrected chi connectivity index (χ2v) is 9.54. The molecule has 1 aliphatic rings. The van der Waals surface area contributed by atoms with Crippen molar-refractivity contribution in [2.24, 2.45) is 0 Å². The van der Waals surface area contributed by atoms with E-state index < -0.39 is 0 Å². The van der Waals surface area contributed by atoms with Crippen LogP contribution in [-0.4, -0.2) is 72.2 Å². The molecule has 9 nitrogen and oxygen atoms in total. The van der Waals surface area contributed by atoms with Crippen LogP contribution in [0.25, 0.3) is 11.0 Å². The Labute approximate surface area is 218 Å². The van der Waals surface area contributed by atoms with Crippen LogP contribution in [0.2, 0.25) is 0 Å². The summed E-state index contributed by atoms with van der Waals surface area (Å²) >= 11 is 0. The predicted molar refractivity (Wildman–Crippen MR) is 144 cm³/mol. The van der Waals surface area contributed by atoms with Gasteiger partial charge in [0.05, 0.1) is 13.7 Å². The lowest BCUT2D eigenvalue weighted by molar-refractivity contribution is -0.129. The third kappa shape index (κ3) is 5.98. The van der Waals surface area contributed by atoms with Crippen LogP contribution in [0.3, 0.4) is 0 Å². The minimum atomic E-state index is -0.0412. The molecule has 0 aliphatic carbocycles. The Bertz CT molecular complexity index is 1240. The van der Waals surface area contributed by atoms with Gasteiger partial charge in [0.25, 0.3) is 0 Å². The van der Waals surface area contributed by atoms with Gasteiger partial charge in [0.15, 0.2) is 11.5 Å². The van der Waals surface area contributed by atoms with Gasteiger partial charge in [-0.15, -0.1) is 0 Å². The molecule has 0 unspecified atom stereocenters. The van der Waals surface area contributed by atoms with Gasteiger partial charge >= 0.3 is 6.03 Å². The maximum Gasteiger partial charge on any atom is 0.324 e. The SMILES string of the molecule is CCCCCOc1cc(N2CCCN(Cc3ccnc4c3ccn4CC(=O)N(C)C)C2=O)ccc1OC. The number of anilines is 1. The number of amides is 3. The van der Waals surface area contributed by atoms with E-state index in [-0.39, 0.29) is 18.5 Å². The van der Waals surface area contributed by atoms with E-state index in [1.54, 1.807) is 37.2 Å². The zero-order valence-electron chi connectivity index (χ0n) is 22.3. The highest BCUT2D eigenvalue weighted by molar-refractivity contribution is 5.93. The molecule has 0 radical (unpaired) electrons. The van der Waals surface area contributed by atoms with E-state index in [2.05, 4.69) is 11.9 Å². The predicted octanol–water partition coefficient (Wildman–Crippen LogP) is 4.53. The first-order valence-corrected chi connectivity index (χ1v) is 12.9. The Morgan fingerprint density at radius 1 is 1.11 bits per heavy atom. The van der Waals surface area contributed by atoms with Gasteiger partial charge in [0.1, 0.15) is 12.2 Å². The number of hydrogen-bond acceptors (Lipinski definition) is 5. The Hall–Kier alpha value is -3.75. The Kier molecular flexibility index (Phi) is 8.53. The fourth-order valence-corrected chi connectivity index (χ4v) is 4.55. The summed E-state index contributed by atoms with van der Waals surface area (Å²) in [6.07, 6.45) is 7.70. The number of nitrogens with zero attached hydrogens (tertiary/aromatic N) is 5. The van der Waals surface area contributed by atoms with Crippen LogP contribution in [0, 0.1) is 0 Å². The summed E-state index contributed by atoms with van der Waals surface area (Å²) in [5, 5.41) is 0.950. The highest BCUT2D eigenvalue weighted by atomic mass is 16.5. The molecule has 1 aliphatic heterocycles. The van der Waals surface area contributed by atoms with Crippen LogP contribution in [0.15, 0.2) is 42.7 Å². The minimum absolute atomic E-state index is 0.000225. The van der Waals surface area contributed by atoms with Crippen LogP contribution in [0.5, 0.6) is 11.5 Å². The maximum atomic E-state index is 13.6. The average molecular weight is 508 g/mol. The summed E-state index contributed by atoms with van der Waals surface area (Å²) in [7, 11) is 5.11. The van der Waals surface area contributed by atoms with E-state index >= 15 is 0 Å². The van der Waals surface area contributed by atoms with Crippen molar-refractivity contribution in [2.75, 3.05) is 45.8 Å². The fraction of sp³-hybridized carbons (Fsp3) is 0.464. The van der Waals surface area contributed by atoms with Gasteiger partial charge < -0.3 is 23.8 Å². The molecule has 0 saturated carbocycles. The molecule has 0 spiro atoms. The number of methoxy groups -OCH3 is 1. The van der Waals surface area contributed by atoms with Crippen LogP contribution in [0.4, 0.5) is 10.5 Å². The molecule has 9 heteroatoms. The van der Waals surface area contributed by atoms with Gasteiger partial charge in [-0.1, -0.05) is 19.8 Å². The summed E-state index contributed by atoms with van der Waals surface area (Å²) in [6, 6.07) is 9.55. The number of likely N-dealkylation sites (N-methyl/N-ethyl adjacent to an activating group) is 1. The first-order valence-electron chi connectivity index (χ1n) is 12.9. The number of rotatable bonds is 11. The molecular weight excluding hydrogens is 470 g/mol. The molecule has 37 heavy (non-hydrogen) atoms. The third-order valence-corrected chi connectivity index (χ3v) is 6.69. The van der Waals surface area contributed by atoms with Crippen LogP contribution in [-0.2, 0) is 17.9 Å². The van der Waals surface area contributed by atoms with Gasteiger partial charge in [0, 0.05) is 63.3 Å². The first kappa shape index (κ1) is 26.3. The van der Waals surface area contributed by atoms with Crippen molar-refractivity contribution in [3.63, 3.8) is 0 Å². The molecule has 4 rings (SSSR count). The van der Waals surface area contributed by atoms with Crippen molar-refractivity contribution in [2.45, 2.75) is 45.7 Å². The molecule has 3 heterocycles. The average Bonchev–Trinajstić information content (AvgIpc) is 3.31. The molecule has 198 valence electrons. The standard InChI is InChI=1S/C28H37N5O4/c1-5-6-7-17-37-25-18-22(9-10-24(25)36-4)33-15-8-14-32(28(33)35)19-21-11-13-29-27-23(21)12-16-31(27)20-26(34)30(2)3/h9-13,16,18H,5-8,14-15,17,19-20H2,1-4H3. The van der Waals surface area contributed by atoms with Crippen molar-refractivity contribution in [1.82, 2.24) is 19.4 Å². The van der Waals surface area contributed by atoms with Crippen LogP contribution in [0.1, 0.15) is 38.2 Å². The number of benzene rings is 1. The van der Waals surface area contributed by atoms with Gasteiger partial charge in [0.2, 0.25) is 5.91 Å². The lowest BCUT2D eigenvalue weighted by Crippen LogP contribution is -2.49. The number of unbranched alkanes of at least 4 members (excludes halogenated alkanes) is 2. The molecular formula is C28H37N5O4. The summed E-state index contributed by atoms with van der Waals surface area (Å²) in [5.41, 5.74) is 2.55. The molecule has 0 bridgehead atoms. The van der Waals surface area contributed by atoms with Gasteiger partial charge in [-0.2, -0.15) is 0 Å². The number of fused-ring (bicyclic) bond motifs is 1. The van der Waals surface area contributed by atoms with E-state index in [4.69, 9.17) is 9.47 Å². The number of pyridine rings is 1. The topological polar surface area (TPSA) is 80.1 Å². The second-order valence-electron chi connectivity index (χ2n) is 9.54. The third-order valence-electron chi connectivity index (χ3n) is 6.69. The molecule has 1 fully saturated rings. The molecule has 1 aromatic carbocycles. The van der Waals surface area contributed by atoms with Crippen molar-refractivity contribution < 1.29 is 19.1 Å². The highest BCUT2D eigenvalue weighted by Crippen LogP contribution is 2.33. The first-order chi connectivity index (χ1) is 17.9. The molecule has 3 amide bonds. The van der Waals surface area contributed by atoms with Gasteiger partial charge in [-0.05, 0) is 42.7 Å². The number of urea groups is 1. The zero-order chi connectivity index (χ0) is 26.4. The highest BCUT2D eigenvalue weighted by Gasteiger charge is 2.28. The van der Waals surface area contributed by atoms with Gasteiger partial charge in [-0.3, -0.25) is 9.69 Å². The van der Waals surface area contributed by atoms with Crippen molar-refractivity contribution in [3.8, 4) is 11.5 Å². The lowest BCUT2D eigenvalue weighted by Gasteiger charge is -2.36.